The first-order chi connectivity index (χ1) is 13.6. The maximum absolute atomic E-state index is 12.8. The van der Waals surface area contributed by atoms with Crippen LogP contribution < -0.4 is 0 Å². The summed E-state index contributed by atoms with van der Waals surface area (Å²) in [6, 6.07) is 15.1. The summed E-state index contributed by atoms with van der Waals surface area (Å²) in [4.78, 5) is 27.1. The van der Waals surface area contributed by atoms with E-state index in [0.29, 0.717) is 17.6 Å². The largest absolute Gasteiger partial charge is 0.459 e. The molecule has 0 aliphatic carbocycles. The first-order valence-corrected chi connectivity index (χ1v) is 9.33. The van der Waals surface area contributed by atoms with E-state index in [-0.39, 0.29) is 0 Å². The molecule has 0 radical (unpaired) electrons. The molecule has 1 fully saturated rings. The van der Waals surface area contributed by atoms with E-state index in [1.54, 1.807) is 35.7 Å². The maximum atomic E-state index is 12.8. The molecule has 0 N–H and O–H groups in total. The molecule has 0 saturated carbocycles. The molecular weight excluding hydrogens is 354 g/mol. The average Bonchev–Trinajstić information content (AvgIpc) is 3.32. The number of aromatic nitrogens is 2. The SMILES string of the molecule is CC1(c2cc3ccccc3o2)CCCN1OC(=O)c1ccc2nccnc2c1. The predicted octanol–water partition coefficient (Wildman–Crippen LogP) is 4.46. The molecular formula is C22H19N3O3. The highest BCUT2D eigenvalue weighted by molar-refractivity contribution is 5.93. The smallest absolute Gasteiger partial charge is 0.357 e. The Kier molecular flexibility index (Phi) is 3.87. The number of hydrogen-bond donors (Lipinski definition) is 0. The fraction of sp³-hybridized carbons (Fsp3) is 0.227. The Bertz CT molecular complexity index is 1150. The Morgan fingerprint density at radius 2 is 1.93 bits per heavy atom. The molecule has 1 aliphatic heterocycles. The van der Waals surface area contributed by atoms with Gasteiger partial charge in [0.1, 0.15) is 16.9 Å². The minimum absolute atomic E-state index is 0.406. The summed E-state index contributed by atoms with van der Waals surface area (Å²) < 4.78 is 6.08. The van der Waals surface area contributed by atoms with E-state index >= 15 is 0 Å². The lowest BCUT2D eigenvalue weighted by atomic mass is 9.96. The van der Waals surface area contributed by atoms with Crippen LogP contribution in [0, 0.1) is 0 Å². The van der Waals surface area contributed by atoms with Gasteiger partial charge in [0.25, 0.3) is 0 Å². The van der Waals surface area contributed by atoms with Crippen molar-refractivity contribution in [3.8, 4) is 0 Å². The quantitative estimate of drug-likeness (QED) is 0.528. The van der Waals surface area contributed by atoms with Crippen LogP contribution in [0.1, 0.15) is 35.9 Å². The zero-order valence-electron chi connectivity index (χ0n) is 15.5. The van der Waals surface area contributed by atoms with E-state index in [4.69, 9.17) is 9.25 Å². The van der Waals surface area contributed by atoms with E-state index in [2.05, 4.69) is 16.9 Å². The van der Waals surface area contributed by atoms with Crippen molar-refractivity contribution in [2.45, 2.75) is 25.3 Å². The Morgan fingerprint density at radius 3 is 2.79 bits per heavy atom. The van der Waals surface area contributed by atoms with E-state index in [9.17, 15) is 4.79 Å². The predicted molar refractivity (Wildman–Crippen MR) is 104 cm³/mol. The highest BCUT2D eigenvalue weighted by Crippen LogP contribution is 2.41. The molecule has 28 heavy (non-hydrogen) atoms. The van der Waals surface area contributed by atoms with Gasteiger partial charge in [-0.3, -0.25) is 9.97 Å². The third kappa shape index (κ3) is 2.73. The summed E-state index contributed by atoms with van der Waals surface area (Å²) >= 11 is 0. The van der Waals surface area contributed by atoms with Crippen LogP contribution in [0.15, 0.2) is 65.3 Å². The Labute approximate surface area is 161 Å². The minimum atomic E-state index is -0.495. The highest BCUT2D eigenvalue weighted by atomic mass is 16.7. The summed E-state index contributed by atoms with van der Waals surface area (Å²) in [6.45, 7) is 2.71. The molecule has 1 atom stereocenters. The number of nitrogens with zero attached hydrogens (tertiary/aromatic N) is 3. The fourth-order valence-electron chi connectivity index (χ4n) is 3.82. The summed E-state index contributed by atoms with van der Waals surface area (Å²) in [6.07, 6.45) is 5.01. The standard InChI is InChI=1S/C22H19N3O3/c1-22(20-14-15-5-2-3-6-19(15)27-20)9-4-12-25(22)28-21(26)16-7-8-17-18(13-16)24-11-10-23-17/h2-3,5-8,10-11,13-14H,4,9,12H2,1H3. The number of hydroxylamine groups is 2. The van der Waals surface area contributed by atoms with Crippen molar-refractivity contribution in [2.75, 3.05) is 6.54 Å². The molecule has 1 unspecified atom stereocenters. The zero-order chi connectivity index (χ0) is 19.1. The molecule has 1 saturated heterocycles. The van der Waals surface area contributed by atoms with Gasteiger partial charge in [0.2, 0.25) is 0 Å². The molecule has 0 bridgehead atoms. The van der Waals surface area contributed by atoms with Crippen molar-refractivity contribution in [3.63, 3.8) is 0 Å². The van der Waals surface area contributed by atoms with E-state index < -0.39 is 11.5 Å². The van der Waals surface area contributed by atoms with Gasteiger partial charge in [-0.1, -0.05) is 18.2 Å². The topological polar surface area (TPSA) is 68.5 Å². The monoisotopic (exact) mass is 373 g/mol. The van der Waals surface area contributed by atoms with Crippen molar-refractivity contribution in [1.29, 1.82) is 0 Å². The lowest BCUT2D eigenvalue weighted by molar-refractivity contribution is -0.159. The minimum Gasteiger partial charge on any atom is -0.459 e. The summed E-state index contributed by atoms with van der Waals surface area (Å²) in [7, 11) is 0. The lowest BCUT2D eigenvalue weighted by Crippen LogP contribution is -2.39. The van der Waals surface area contributed by atoms with Crippen LogP contribution in [0.2, 0.25) is 0 Å². The maximum Gasteiger partial charge on any atom is 0.357 e. The first-order valence-electron chi connectivity index (χ1n) is 9.33. The number of para-hydroxylation sites is 1. The van der Waals surface area contributed by atoms with Gasteiger partial charge in [0.05, 0.1) is 16.6 Å². The van der Waals surface area contributed by atoms with Crippen molar-refractivity contribution >= 4 is 28.0 Å². The van der Waals surface area contributed by atoms with Gasteiger partial charge in [-0.2, -0.15) is 0 Å². The summed E-state index contributed by atoms with van der Waals surface area (Å²) in [5.74, 6) is 0.403. The van der Waals surface area contributed by atoms with Crippen molar-refractivity contribution in [3.05, 3.63) is 72.2 Å². The second-order valence-electron chi connectivity index (χ2n) is 7.27. The van der Waals surface area contributed by atoms with Crippen molar-refractivity contribution < 1.29 is 14.0 Å². The number of hydrogen-bond acceptors (Lipinski definition) is 6. The van der Waals surface area contributed by atoms with Crippen LogP contribution in [0.25, 0.3) is 22.0 Å². The van der Waals surface area contributed by atoms with Gasteiger partial charge in [-0.25, -0.2) is 4.79 Å². The summed E-state index contributed by atoms with van der Waals surface area (Å²) in [5, 5.41) is 2.79. The zero-order valence-corrected chi connectivity index (χ0v) is 15.5. The second kappa shape index (κ2) is 6.42. The van der Waals surface area contributed by atoms with E-state index in [0.717, 1.165) is 35.1 Å². The molecule has 6 nitrogen and oxygen atoms in total. The second-order valence-corrected chi connectivity index (χ2v) is 7.27. The van der Waals surface area contributed by atoms with Crippen molar-refractivity contribution in [2.24, 2.45) is 0 Å². The molecule has 3 heterocycles. The molecule has 140 valence electrons. The number of furan rings is 1. The number of carbonyl (C=O) groups is 1. The third-order valence-electron chi connectivity index (χ3n) is 5.43. The first kappa shape index (κ1) is 16.9. The molecule has 0 spiro atoms. The molecule has 5 rings (SSSR count). The van der Waals surface area contributed by atoms with Gasteiger partial charge in [0.15, 0.2) is 0 Å². The fourth-order valence-corrected chi connectivity index (χ4v) is 3.82. The molecule has 2 aromatic heterocycles. The van der Waals surface area contributed by atoms with Gasteiger partial charge in [-0.05, 0) is 50.1 Å². The molecule has 0 amide bonds. The molecule has 4 aromatic rings. The van der Waals surface area contributed by atoms with Crippen LogP contribution in [0.3, 0.4) is 0 Å². The summed E-state index contributed by atoms with van der Waals surface area (Å²) in [5.41, 5.74) is 2.20. The van der Waals surface area contributed by atoms with Gasteiger partial charge in [0, 0.05) is 24.3 Å². The van der Waals surface area contributed by atoms with Gasteiger partial charge >= 0.3 is 5.97 Å². The normalized spacial score (nSPS) is 20.0. The highest BCUT2D eigenvalue weighted by Gasteiger charge is 2.44. The van der Waals surface area contributed by atoms with Crippen LogP contribution >= 0.6 is 0 Å². The van der Waals surface area contributed by atoms with Gasteiger partial charge in [-0.15, -0.1) is 5.06 Å². The van der Waals surface area contributed by atoms with Gasteiger partial charge < -0.3 is 9.25 Å². The third-order valence-corrected chi connectivity index (χ3v) is 5.43. The van der Waals surface area contributed by atoms with Crippen molar-refractivity contribution in [1.82, 2.24) is 15.0 Å². The van der Waals surface area contributed by atoms with E-state index in [1.165, 1.54) is 0 Å². The number of carbonyl (C=O) groups excluding carboxylic acids is 1. The Hall–Kier alpha value is -3.25. The van der Waals surface area contributed by atoms with Crippen LogP contribution in [0.4, 0.5) is 0 Å². The molecule has 2 aromatic carbocycles. The Morgan fingerprint density at radius 1 is 1.11 bits per heavy atom. The lowest BCUT2D eigenvalue weighted by Gasteiger charge is -2.31. The Balaban J connectivity index is 1.43. The number of benzene rings is 2. The number of rotatable bonds is 3. The number of fused-ring (bicyclic) bond motifs is 2. The van der Waals surface area contributed by atoms with Crippen LogP contribution in [0.5, 0.6) is 0 Å². The molecule has 1 aliphatic rings. The molecule has 6 heteroatoms. The van der Waals surface area contributed by atoms with Crippen LogP contribution in [-0.2, 0) is 10.4 Å². The van der Waals surface area contributed by atoms with Crippen LogP contribution in [-0.4, -0.2) is 27.5 Å². The van der Waals surface area contributed by atoms with E-state index in [1.807, 2.05) is 30.3 Å². The average molecular weight is 373 g/mol.